The van der Waals surface area contributed by atoms with Crippen LogP contribution < -0.4 is 0 Å². The van der Waals surface area contributed by atoms with Gasteiger partial charge in [0.1, 0.15) is 12.7 Å². The van der Waals surface area contributed by atoms with Gasteiger partial charge in [-0.25, -0.2) is 15.0 Å². The second-order valence-corrected chi connectivity index (χ2v) is 4.60. The Morgan fingerprint density at radius 1 is 1.00 bits per heavy atom. The topological polar surface area (TPSA) is 38.7 Å². The molecule has 84 valence electrons. The van der Waals surface area contributed by atoms with E-state index in [9.17, 15) is 0 Å². The second-order valence-electron chi connectivity index (χ2n) is 3.54. The molecule has 1 rings (SSSR count). The van der Waals surface area contributed by atoms with Gasteiger partial charge in [-0.1, -0.05) is 50.8 Å². The van der Waals surface area contributed by atoms with Crippen molar-refractivity contribution < 1.29 is 0 Å². The van der Waals surface area contributed by atoms with Crippen LogP contribution in [0, 0.1) is 0 Å². The number of rotatable bonds is 8. The van der Waals surface area contributed by atoms with E-state index in [2.05, 4.69) is 21.9 Å². The predicted octanol–water partition coefficient (Wildman–Crippen LogP) is 3.32. The standard InChI is InChI=1S/C11H19N3S/c1-2-3-4-5-6-7-8-15-11-13-9-12-10-14-11/h9-10H,2-8H2,1H3. The van der Waals surface area contributed by atoms with Gasteiger partial charge < -0.3 is 0 Å². The quantitative estimate of drug-likeness (QED) is 0.502. The highest BCUT2D eigenvalue weighted by atomic mass is 32.2. The Morgan fingerprint density at radius 3 is 2.40 bits per heavy atom. The molecule has 0 saturated heterocycles. The molecule has 0 radical (unpaired) electrons. The number of thioether (sulfide) groups is 1. The average molecular weight is 225 g/mol. The zero-order valence-electron chi connectivity index (χ0n) is 9.35. The highest BCUT2D eigenvalue weighted by molar-refractivity contribution is 7.99. The fourth-order valence-electron chi connectivity index (χ4n) is 1.35. The van der Waals surface area contributed by atoms with Crippen LogP contribution in [0.5, 0.6) is 0 Å². The summed E-state index contributed by atoms with van der Waals surface area (Å²) in [5.74, 6) is 1.12. The predicted molar refractivity (Wildman–Crippen MR) is 63.9 cm³/mol. The van der Waals surface area contributed by atoms with Crippen LogP contribution in [0.25, 0.3) is 0 Å². The zero-order valence-corrected chi connectivity index (χ0v) is 10.2. The summed E-state index contributed by atoms with van der Waals surface area (Å²) in [5.41, 5.74) is 0. The highest BCUT2D eigenvalue weighted by Gasteiger charge is 1.95. The monoisotopic (exact) mass is 225 g/mol. The Balaban J connectivity index is 1.93. The number of hydrogen-bond donors (Lipinski definition) is 0. The van der Waals surface area contributed by atoms with Crippen LogP contribution in [0.2, 0.25) is 0 Å². The summed E-state index contributed by atoms with van der Waals surface area (Å²) in [5, 5.41) is 0.846. The lowest BCUT2D eigenvalue weighted by Gasteiger charge is -2.00. The van der Waals surface area contributed by atoms with Crippen molar-refractivity contribution in [3.05, 3.63) is 12.7 Å². The van der Waals surface area contributed by atoms with E-state index in [1.807, 2.05) is 0 Å². The maximum absolute atomic E-state index is 4.07. The minimum Gasteiger partial charge on any atom is -0.225 e. The SMILES string of the molecule is CCCCCCCCSc1ncncn1. The van der Waals surface area contributed by atoms with Crippen molar-refractivity contribution in [3.8, 4) is 0 Å². The Hall–Kier alpha value is -0.640. The molecule has 1 aromatic rings. The molecule has 0 fully saturated rings. The number of nitrogens with zero attached hydrogens (tertiary/aromatic N) is 3. The van der Waals surface area contributed by atoms with Crippen molar-refractivity contribution in [2.24, 2.45) is 0 Å². The Bertz CT molecular complexity index is 241. The first-order valence-corrected chi connectivity index (χ1v) is 6.67. The Labute approximate surface area is 96.1 Å². The van der Waals surface area contributed by atoms with Gasteiger partial charge in [-0.05, 0) is 6.42 Å². The van der Waals surface area contributed by atoms with Gasteiger partial charge in [-0.15, -0.1) is 0 Å². The van der Waals surface area contributed by atoms with Gasteiger partial charge in [-0.3, -0.25) is 0 Å². The summed E-state index contributed by atoms with van der Waals surface area (Å²) in [7, 11) is 0. The van der Waals surface area contributed by atoms with E-state index in [0.717, 1.165) is 10.9 Å². The summed E-state index contributed by atoms with van der Waals surface area (Å²) in [6.07, 6.45) is 11.1. The molecule has 1 aromatic heterocycles. The van der Waals surface area contributed by atoms with E-state index in [4.69, 9.17) is 0 Å². The Morgan fingerprint density at radius 2 is 1.67 bits per heavy atom. The molecule has 0 saturated carbocycles. The third-order valence-electron chi connectivity index (χ3n) is 2.20. The van der Waals surface area contributed by atoms with Gasteiger partial charge in [0.05, 0.1) is 0 Å². The molecule has 0 bridgehead atoms. The molecule has 15 heavy (non-hydrogen) atoms. The molecule has 3 nitrogen and oxygen atoms in total. The first-order chi connectivity index (χ1) is 7.43. The molecule has 0 aromatic carbocycles. The maximum atomic E-state index is 4.07. The highest BCUT2D eigenvalue weighted by Crippen LogP contribution is 2.14. The van der Waals surface area contributed by atoms with Crippen LogP contribution in [0.1, 0.15) is 45.4 Å². The van der Waals surface area contributed by atoms with Crippen molar-refractivity contribution in [2.75, 3.05) is 5.75 Å². The molecule has 0 aliphatic rings. The van der Waals surface area contributed by atoms with Crippen LogP contribution in [0.15, 0.2) is 17.8 Å². The van der Waals surface area contributed by atoms with Crippen LogP contribution in [0.3, 0.4) is 0 Å². The summed E-state index contributed by atoms with van der Waals surface area (Å²) in [6.45, 7) is 2.25. The van der Waals surface area contributed by atoms with Crippen molar-refractivity contribution in [3.63, 3.8) is 0 Å². The molecule has 0 aliphatic carbocycles. The third-order valence-corrected chi connectivity index (χ3v) is 3.16. The molecule has 4 heteroatoms. The molecule has 0 aliphatic heterocycles. The third kappa shape index (κ3) is 6.44. The van der Waals surface area contributed by atoms with Crippen LogP contribution >= 0.6 is 11.8 Å². The lowest BCUT2D eigenvalue weighted by atomic mass is 10.1. The van der Waals surface area contributed by atoms with Gasteiger partial charge in [0.25, 0.3) is 0 Å². The van der Waals surface area contributed by atoms with E-state index in [1.165, 1.54) is 38.5 Å². The van der Waals surface area contributed by atoms with Crippen LogP contribution in [0.4, 0.5) is 0 Å². The first-order valence-electron chi connectivity index (χ1n) is 5.68. The first kappa shape index (κ1) is 12.4. The second kappa shape index (κ2) is 8.65. The molecule has 0 N–H and O–H groups in total. The van der Waals surface area contributed by atoms with Gasteiger partial charge in [0.15, 0.2) is 5.16 Å². The molecule has 0 atom stereocenters. The fourth-order valence-corrected chi connectivity index (χ4v) is 2.12. The van der Waals surface area contributed by atoms with E-state index in [-0.39, 0.29) is 0 Å². The van der Waals surface area contributed by atoms with Crippen molar-refractivity contribution in [2.45, 2.75) is 50.6 Å². The summed E-state index contributed by atoms with van der Waals surface area (Å²) in [4.78, 5) is 11.9. The molecule has 0 unspecified atom stereocenters. The van der Waals surface area contributed by atoms with E-state index < -0.39 is 0 Å². The lowest BCUT2D eigenvalue weighted by Crippen LogP contribution is -1.88. The minimum absolute atomic E-state index is 0.846. The summed E-state index contributed by atoms with van der Waals surface area (Å²) < 4.78 is 0. The number of aromatic nitrogens is 3. The lowest BCUT2D eigenvalue weighted by molar-refractivity contribution is 0.626. The molecule has 1 heterocycles. The van der Waals surface area contributed by atoms with Crippen molar-refractivity contribution in [1.29, 1.82) is 0 Å². The average Bonchev–Trinajstić information content (AvgIpc) is 2.29. The van der Waals surface area contributed by atoms with Crippen LogP contribution in [-0.2, 0) is 0 Å². The molecule has 0 amide bonds. The molecular formula is C11H19N3S. The Kier molecular flexibility index (Phi) is 7.17. The molecule has 0 spiro atoms. The maximum Gasteiger partial charge on any atom is 0.190 e. The fraction of sp³-hybridized carbons (Fsp3) is 0.727. The van der Waals surface area contributed by atoms with E-state index >= 15 is 0 Å². The summed E-state index contributed by atoms with van der Waals surface area (Å²) in [6, 6.07) is 0. The van der Waals surface area contributed by atoms with E-state index in [0.29, 0.717) is 0 Å². The smallest absolute Gasteiger partial charge is 0.190 e. The van der Waals surface area contributed by atoms with Gasteiger partial charge >= 0.3 is 0 Å². The normalized spacial score (nSPS) is 10.5. The van der Waals surface area contributed by atoms with Gasteiger partial charge in [-0.2, -0.15) is 0 Å². The number of unbranched alkanes of at least 4 members (excludes halogenated alkanes) is 5. The van der Waals surface area contributed by atoms with E-state index in [1.54, 1.807) is 24.4 Å². The van der Waals surface area contributed by atoms with Crippen LogP contribution in [-0.4, -0.2) is 20.7 Å². The number of hydrogen-bond acceptors (Lipinski definition) is 4. The summed E-state index contributed by atoms with van der Waals surface area (Å²) >= 11 is 1.72. The van der Waals surface area contributed by atoms with Crippen molar-refractivity contribution in [1.82, 2.24) is 15.0 Å². The largest absolute Gasteiger partial charge is 0.225 e. The minimum atomic E-state index is 0.846. The van der Waals surface area contributed by atoms with Crippen molar-refractivity contribution >= 4 is 11.8 Å². The zero-order chi connectivity index (χ0) is 10.8. The van der Waals surface area contributed by atoms with Gasteiger partial charge in [0.2, 0.25) is 0 Å². The molecular weight excluding hydrogens is 206 g/mol. The van der Waals surface area contributed by atoms with Gasteiger partial charge in [0, 0.05) is 5.75 Å².